The highest BCUT2D eigenvalue weighted by Crippen LogP contribution is 2.48. The van der Waals surface area contributed by atoms with Crippen molar-refractivity contribution in [2.75, 3.05) is 0 Å². The van der Waals surface area contributed by atoms with E-state index in [4.69, 9.17) is 9.16 Å². The van der Waals surface area contributed by atoms with Crippen LogP contribution in [0.15, 0.2) is 61.1 Å². The summed E-state index contributed by atoms with van der Waals surface area (Å²) >= 11 is 0. The van der Waals surface area contributed by atoms with Gasteiger partial charge in [0.2, 0.25) is 0 Å². The lowest BCUT2D eigenvalue weighted by molar-refractivity contribution is 0.0302. The van der Waals surface area contributed by atoms with Crippen LogP contribution in [0.3, 0.4) is 0 Å². The zero-order chi connectivity index (χ0) is 26.3. The Balaban J connectivity index is 1.25. The van der Waals surface area contributed by atoms with Crippen molar-refractivity contribution >= 4 is 8.32 Å². The van der Waals surface area contributed by atoms with Crippen molar-refractivity contribution in [1.82, 2.24) is 9.55 Å². The van der Waals surface area contributed by atoms with Crippen LogP contribution in [-0.4, -0.2) is 29.6 Å². The van der Waals surface area contributed by atoms with Crippen molar-refractivity contribution in [2.45, 2.75) is 102 Å². The van der Waals surface area contributed by atoms with Gasteiger partial charge in [-0.3, -0.25) is 0 Å². The highest BCUT2D eigenvalue weighted by Gasteiger charge is 2.43. The van der Waals surface area contributed by atoms with Gasteiger partial charge in [0.15, 0.2) is 8.32 Å². The molecule has 198 valence electrons. The Morgan fingerprint density at radius 1 is 1.05 bits per heavy atom. The molecule has 1 saturated carbocycles. The molecule has 4 nitrogen and oxygen atoms in total. The number of benzene rings is 2. The number of halogens is 1. The van der Waals surface area contributed by atoms with E-state index in [9.17, 15) is 0 Å². The molecule has 37 heavy (non-hydrogen) atoms. The molecule has 0 N–H and O–H groups in total. The summed E-state index contributed by atoms with van der Waals surface area (Å²) in [5, 5.41) is 0.180. The molecule has 1 unspecified atom stereocenters. The number of nitrogens with zero attached hydrogens (tertiary/aromatic N) is 2. The maximum absolute atomic E-state index is 16.0. The first kappa shape index (κ1) is 26.2. The molecule has 6 heteroatoms. The summed E-state index contributed by atoms with van der Waals surface area (Å²) in [6, 6.07) is 16.5. The Morgan fingerprint density at radius 3 is 2.49 bits per heavy atom. The molecule has 2 aromatic carbocycles. The van der Waals surface area contributed by atoms with Crippen LogP contribution in [0.2, 0.25) is 18.1 Å². The zero-order valence-corrected chi connectivity index (χ0v) is 24.0. The van der Waals surface area contributed by atoms with Crippen LogP contribution in [-0.2, 0) is 11.0 Å². The molecule has 0 spiro atoms. The number of ether oxygens (including phenoxy) is 1. The first-order chi connectivity index (χ1) is 17.6. The van der Waals surface area contributed by atoms with Gasteiger partial charge in [0.1, 0.15) is 18.0 Å². The second-order valence-corrected chi connectivity index (χ2v) is 17.2. The molecular formula is C31H41FN2O2Si. The lowest BCUT2D eigenvalue weighted by Crippen LogP contribution is -2.46. The van der Waals surface area contributed by atoms with Gasteiger partial charge in [-0.15, -0.1) is 0 Å². The quantitative estimate of drug-likeness (QED) is 0.279. The van der Waals surface area contributed by atoms with E-state index >= 15 is 4.39 Å². The van der Waals surface area contributed by atoms with Crippen LogP contribution in [0.4, 0.5) is 4.39 Å². The second-order valence-electron chi connectivity index (χ2n) is 12.5. The number of imidazole rings is 1. The van der Waals surface area contributed by atoms with Gasteiger partial charge in [-0.2, -0.15) is 0 Å². The van der Waals surface area contributed by atoms with Crippen LogP contribution < -0.4 is 4.74 Å². The molecule has 3 aromatic rings. The Morgan fingerprint density at radius 2 is 1.78 bits per heavy atom. The number of fused-ring (bicyclic) bond motifs is 3. The fraction of sp³-hybridized carbons (Fsp3) is 0.516. The SMILES string of the molecule is CC(C)(C)[Si](C)(C)OC1CCC(F)(CCC2c3cccc(OCc4ccccc4)c3-c3cncn32)CC1. The van der Waals surface area contributed by atoms with Crippen molar-refractivity contribution in [3.8, 4) is 17.0 Å². The van der Waals surface area contributed by atoms with Gasteiger partial charge in [-0.1, -0.05) is 63.2 Å². The van der Waals surface area contributed by atoms with Crippen molar-refractivity contribution in [3.63, 3.8) is 0 Å². The van der Waals surface area contributed by atoms with Gasteiger partial charge in [-0.05, 0) is 73.9 Å². The molecule has 1 fully saturated rings. The smallest absolute Gasteiger partial charge is 0.192 e. The second kappa shape index (κ2) is 10.0. The molecule has 5 rings (SSSR count). The Hall–Kier alpha value is -2.44. The number of hydrogen-bond acceptors (Lipinski definition) is 3. The molecule has 2 heterocycles. The first-order valence-corrected chi connectivity index (χ1v) is 16.7. The standard InChI is InChI=1S/C31H41FN2O2Si/c1-30(2,3)37(4,5)36-24-14-17-31(32,18-15-24)19-16-26-25-12-9-13-28(29(25)27-20-33-22-34(26)27)35-21-23-10-7-6-8-11-23/h6-13,20,22,24,26H,14-19,21H2,1-5H3. The minimum absolute atomic E-state index is 0.0848. The summed E-state index contributed by atoms with van der Waals surface area (Å²) in [5.41, 5.74) is 3.37. The van der Waals surface area contributed by atoms with Gasteiger partial charge >= 0.3 is 0 Å². The van der Waals surface area contributed by atoms with Gasteiger partial charge in [0, 0.05) is 11.7 Å². The number of aromatic nitrogens is 2. The molecule has 0 bridgehead atoms. The zero-order valence-electron chi connectivity index (χ0n) is 23.0. The molecule has 0 saturated heterocycles. The normalized spacial score (nSPS) is 23.5. The third kappa shape index (κ3) is 5.42. The molecule has 1 aromatic heterocycles. The minimum Gasteiger partial charge on any atom is -0.488 e. The van der Waals surface area contributed by atoms with Crippen LogP contribution in [0.25, 0.3) is 11.3 Å². The predicted molar refractivity (Wildman–Crippen MR) is 150 cm³/mol. The van der Waals surface area contributed by atoms with Crippen molar-refractivity contribution in [2.24, 2.45) is 0 Å². The molecule has 1 atom stereocenters. The van der Waals surface area contributed by atoms with Crippen LogP contribution in [0.1, 0.15) is 76.5 Å². The molecule has 1 aliphatic heterocycles. The lowest BCUT2D eigenvalue weighted by Gasteiger charge is -2.42. The van der Waals surface area contributed by atoms with Crippen molar-refractivity contribution in [3.05, 3.63) is 72.2 Å². The van der Waals surface area contributed by atoms with Gasteiger partial charge < -0.3 is 13.7 Å². The van der Waals surface area contributed by atoms with Crippen molar-refractivity contribution in [1.29, 1.82) is 0 Å². The van der Waals surface area contributed by atoms with Crippen molar-refractivity contribution < 1.29 is 13.6 Å². The largest absolute Gasteiger partial charge is 0.488 e. The summed E-state index contributed by atoms with van der Waals surface area (Å²) in [5.74, 6) is 0.865. The molecule has 0 radical (unpaired) electrons. The maximum Gasteiger partial charge on any atom is 0.192 e. The number of rotatable bonds is 8. The van der Waals surface area contributed by atoms with E-state index in [1.165, 1.54) is 5.56 Å². The fourth-order valence-electron chi connectivity index (χ4n) is 5.61. The summed E-state index contributed by atoms with van der Waals surface area (Å²) in [6.07, 6.45) is 8.10. The van der Waals surface area contributed by atoms with E-state index in [0.717, 1.165) is 41.8 Å². The van der Waals surface area contributed by atoms with Gasteiger partial charge in [-0.25, -0.2) is 9.37 Å². The van der Waals surface area contributed by atoms with Crippen LogP contribution in [0.5, 0.6) is 5.75 Å². The monoisotopic (exact) mass is 520 g/mol. The van der Waals surface area contributed by atoms with E-state index in [-0.39, 0.29) is 17.2 Å². The fourth-order valence-corrected chi connectivity index (χ4v) is 7.03. The molecule has 2 aliphatic rings. The Kier molecular flexibility index (Phi) is 7.09. The lowest BCUT2D eigenvalue weighted by atomic mass is 9.80. The van der Waals surface area contributed by atoms with Crippen LogP contribution in [0, 0.1) is 0 Å². The minimum atomic E-state index is -1.83. The number of alkyl halides is 1. The van der Waals surface area contributed by atoms with E-state index < -0.39 is 14.0 Å². The Labute approximate surface area is 222 Å². The van der Waals surface area contributed by atoms with E-state index in [1.54, 1.807) is 0 Å². The van der Waals surface area contributed by atoms with Crippen LogP contribution >= 0.6 is 0 Å². The summed E-state index contributed by atoms with van der Waals surface area (Å²) in [7, 11) is -1.83. The molecule has 1 aliphatic carbocycles. The summed E-state index contributed by atoms with van der Waals surface area (Å²) < 4.78 is 31.1. The predicted octanol–water partition coefficient (Wildman–Crippen LogP) is 8.48. The van der Waals surface area contributed by atoms with E-state index in [0.29, 0.717) is 25.9 Å². The Bertz CT molecular complexity index is 1210. The first-order valence-electron chi connectivity index (χ1n) is 13.7. The molecule has 0 amide bonds. The van der Waals surface area contributed by atoms with Gasteiger partial charge in [0.05, 0.1) is 24.3 Å². The summed E-state index contributed by atoms with van der Waals surface area (Å²) in [6.45, 7) is 11.9. The third-order valence-corrected chi connectivity index (χ3v) is 13.4. The third-order valence-electron chi connectivity index (χ3n) is 8.87. The highest BCUT2D eigenvalue weighted by atomic mass is 28.4. The van der Waals surface area contributed by atoms with E-state index in [1.807, 2.05) is 36.8 Å². The average molecular weight is 521 g/mol. The highest BCUT2D eigenvalue weighted by molar-refractivity contribution is 6.74. The number of hydrogen-bond donors (Lipinski definition) is 0. The van der Waals surface area contributed by atoms with E-state index in [2.05, 4.69) is 67.7 Å². The summed E-state index contributed by atoms with van der Waals surface area (Å²) in [4.78, 5) is 4.43. The molecular weight excluding hydrogens is 479 g/mol. The average Bonchev–Trinajstić information content (AvgIpc) is 3.44. The topological polar surface area (TPSA) is 36.3 Å². The van der Waals surface area contributed by atoms with Gasteiger partial charge in [0.25, 0.3) is 0 Å². The maximum atomic E-state index is 16.0.